The van der Waals surface area contributed by atoms with Crippen LogP contribution in [-0.4, -0.2) is 26.2 Å². The molecule has 0 spiro atoms. The van der Waals surface area contributed by atoms with E-state index in [2.05, 4.69) is 17.2 Å². The lowest BCUT2D eigenvalue weighted by molar-refractivity contribution is 0.282. The summed E-state index contributed by atoms with van der Waals surface area (Å²) in [5.41, 5.74) is 0. The highest BCUT2D eigenvalue weighted by atomic mass is 32.2. The molecule has 2 rings (SSSR count). The van der Waals surface area contributed by atoms with Gasteiger partial charge in [-0.05, 0) is 30.4 Å². The van der Waals surface area contributed by atoms with E-state index >= 15 is 0 Å². The van der Waals surface area contributed by atoms with E-state index in [-0.39, 0.29) is 4.90 Å². The molecule has 4 nitrogen and oxygen atoms in total. The summed E-state index contributed by atoms with van der Waals surface area (Å²) in [7, 11) is -3.22. The summed E-state index contributed by atoms with van der Waals surface area (Å²) in [6.07, 6.45) is 9.17. The van der Waals surface area contributed by atoms with Gasteiger partial charge in [-0.1, -0.05) is 32.6 Å². The number of nitrogens with zero attached hydrogens (tertiary/aromatic N) is 1. The Morgan fingerprint density at radius 1 is 1.30 bits per heavy atom. The van der Waals surface area contributed by atoms with Crippen molar-refractivity contribution in [3.05, 3.63) is 18.3 Å². The molecule has 1 aromatic rings. The maximum atomic E-state index is 11.7. The van der Waals surface area contributed by atoms with Crippen molar-refractivity contribution in [1.29, 1.82) is 0 Å². The van der Waals surface area contributed by atoms with Crippen molar-refractivity contribution < 1.29 is 8.42 Å². The number of anilines is 1. The van der Waals surface area contributed by atoms with Crippen LogP contribution in [-0.2, 0) is 9.84 Å². The van der Waals surface area contributed by atoms with Gasteiger partial charge in [0, 0.05) is 19.0 Å². The van der Waals surface area contributed by atoms with E-state index in [4.69, 9.17) is 0 Å². The van der Waals surface area contributed by atoms with Crippen LogP contribution < -0.4 is 5.32 Å². The predicted molar refractivity (Wildman–Crippen MR) is 81.6 cm³/mol. The maximum absolute atomic E-state index is 11.7. The van der Waals surface area contributed by atoms with Gasteiger partial charge in [0.15, 0.2) is 9.84 Å². The van der Waals surface area contributed by atoms with Crippen LogP contribution in [0.1, 0.15) is 39.0 Å². The molecule has 0 radical (unpaired) electrons. The second-order valence-electron chi connectivity index (χ2n) is 5.96. The fourth-order valence-corrected chi connectivity index (χ4v) is 3.64. The molecule has 1 fully saturated rings. The normalized spacial score (nSPS) is 23.5. The summed E-state index contributed by atoms with van der Waals surface area (Å²) in [6.45, 7) is 3.11. The molecular weight excluding hydrogens is 272 g/mol. The average molecular weight is 296 g/mol. The van der Waals surface area contributed by atoms with E-state index in [1.54, 1.807) is 18.3 Å². The fourth-order valence-electron chi connectivity index (χ4n) is 2.84. The van der Waals surface area contributed by atoms with Crippen LogP contribution in [0.2, 0.25) is 0 Å². The molecule has 1 aromatic heterocycles. The highest BCUT2D eigenvalue weighted by Crippen LogP contribution is 2.30. The first kappa shape index (κ1) is 15.3. The van der Waals surface area contributed by atoms with Crippen molar-refractivity contribution in [2.45, 2.75) is 43.9 Å². The van der Waals surface area contributed by atoms with Crippen molar-refractivity contribution in [3.63, 3.8) is 0 Å². The lowest BCUT2D eigenvalue weighted by Gasteiger charge is -2.26. The zero-order chi connectivity index (χ0) is 14.6. The third-order valence-corrected chi connectivity index (χ3v) is 5.28. The van der Waals surface area contributed by atoms with Crippen LogP contribution in [0.15, 0.2) is 23.2 Å². The molecule has 5 heteroatoms. The van der Waals surface area contributed by atoms with E-state index in [0.717, 1.165) is 24.8 Å². The van der Waals surface area contributed by atoms with E-state index in [0.29, 0.717) is 5.82 Å². The van der Waals surface area contributed by atoms with Gasteiger partial charge in [0.25, 0.3) is 0 Å². The number of pyridine rings is 1. The van der Waals surface area contributed by atoms with Crippen LogP contribution in [0, 0.1) is 11.8 Å². The number of rotatable bonds is 5. The predicted octanol–water partition coefficient (Wildman–Crippen LogP) is 3.11. The number of hydrogen-bond donors (Lipinski definition) is 1. The standard InChI is InChI=1S/C15H24N2O2S/c1-12-5-7-13(8-6-12)9-11-17-15-14(20(2,18)19)4-3-10-16-15/h3-4,10,12-13H,5-9,11H2,1-2H3,(H,16,17). The summed E-state index contributed by atoms with van der Waals surface area (Å²) >= 11 is 0. The maximum Gasteiger partial charge on any atom is 0.179 e. The molecule has 1 saturated carbocycles. The van der Waals surface area contributed by atoms with Gasteiger partial charge in [0.1, 0.15) is 10.7 Å². The second-order valence-corrected chi connectivity index (χ2v) is 7.95. The Morgan fingerprint density at radius 2 is 2.00 bits per heavy atom. The van der Waals surface area contributed by atoms with Crippen LogP contribution in [0.5, 0.6) is 0 Å². The van der Waals surface area contributed by atoms with Crippen LogP contribution in [0.25, 0.3) is 0 Å². The molecule has 0 atom stereocenters. The molecule has 0 amide bonds. The SMILES string of the molecule is CC1CCC(CCNc2ncccc2S(C)(=O)=O)CC1. The monoisotopic (exact) mass is 296 g/mol. The van der Waals surface area contributed by atoms with Crippen LogP contribution in [0.4, 0.5) is 5.82 Å². The summed E-state index contributed by atoms with van der Waals surface area (Å²) in [5, 5.41) is 3.19. The third-order valence-electron chi connectivity index (χ3n) is 4.15. The lowest BCUT2D eigenvalue weighted by Crippen LogP contribution is -2.17. The third kappa shape index (κ3) is 4.20. The zero-order valence-corrected chi connectivity index (χ0v) is 13.1. The quantitative estimate of drug-likeness (QED) is 0.907. The van der Waals surface area contributed by atoms with Crippen molar-refractivity contribution in [2.75, 3.05) is 18.1 Å². The van der Waals surface area contributed by atoms with Crippen molar-refractivity contribution in [2.24, 2.45) is 11.8 Å². The molecule has 0 unspecified atom stereocenters. The lowest BCUT2D eigenvalue weighted by atomic mass is 9.81. The topological polar surface area (TPSA) is 59.1 Å². The Bertz CT molecular complexity index is 535. The summed E-state index contributed by atoms with van der Waals surface area (Å²) in [4.78, 5) is 4.44. The molecule has 1 heterocycles. The van der Waals surface area contributed by atoms with Gasteiger partial charge < -0.3 is 5.32 Å². The molecule has 1 N–H and O–H groups in total. The first-order valence-corrected chi connectivity index (χ1v) is 9.25. The molecule has 1 aliphatic rings. The first-order valence-electron chi connectivity index (χ1n) is 7.35. The zero-order valence-electron chi connectivity index (χ0n) is 12.3. The van der Waals surface area contributed by atoms with Crippen LogP contribution >= 0.6 is 0 Å². The summed E-state index contributed by atoms with van der Waals surface area (Å²) in [6, 6.07) is 3.26. The van der Waals surface area contributed by atoms with Crippen molar-refractivity contribution in [1.82, 2.24) is 4.98 Å². The van der Waals surface area contributed by atoms with Gasteiger partial charge in [-0.15, -0.1) is 0 Å². The second kappa shape index (κ2) is 6.57. The van der Waals surface area contributed by atoms with Crippen molar-refractivity contribution in [3.8, 4) is 0 Å². The van der Waals surface area contributed by atoms with E-state index < -0.39 is 9.84 Å². The van der Waals surface area contributed by atoms with Gasteiger partial charge in [0.2, 0.25) is 0 Å². The molecular formula is C15H24N2O2S. The molecule has 1 aliphatic carbocycles. The number of nitrogens with one attached hydrogen (secondary N) is 1. The molecule has 112 valence electrons. The number of aromatic nitrogens is 1. The number of sulfone groups is 1. The minimum absolute atomic E-state index is 0.289. The first-order chi connectivity index (χ1) is 9.47. The molecule has 0 saturated heterocycles. The molecule has 20 heavy (non-hydrogen) atoms. The van der Waals surface area contributed by atoms with E-state index in [1.165, 1.54) is 31.9 Å². The highest BCUT2D eigenvalue weighted by Gasteiger charge is 2.18. The minimum Gasteiger partial charge on any atom is -0.369 e. The van der Waals surface area contributed by atoms with Gasteiger partial charge in [-0.25, -0.2) is 13.4 Å². The Balaban J connectivity index is 1.89. The average Bonchev–Trinajstić information content (AvgIpc) is 2.40. The van der Waals surface area contributed by atoms with Gasteiger partial charge in [-0.3, -0.25) is 0 Å². The Hall–Kier alpha value is -1.10. The largest absolute Gasteiger partial charge is 0.369 e. The smallest absolute Gasteiger partial charge is 0.179 e. The fraction of sp³-hybridized carbons (Fsp3) is 0.667. The Morgan fingerprint density at radius 3 is 2.65 bits per heavy atom. The highest BCUT2D eigenvalue weighted by molar-refractivity contribution is 7.90. The number of hydrogen-bond acceptors (Lipinski definition) is 4. The molecule has 0 aromatic carbocycles. The Kier molecular flexibility index (Phi) is 5.02. The van der Waals surface area contributed by atoms with E-state index in [9.17, 15) is 8.42 Å². The van der Waals surface area contributed by atoms with Crippen LogP contribution in [0.3, 0.4) is 0 Å². The molecule has 0 bridgehead atoms. The van der Waals surface area contributed by atoms with Gasteiger partial charge >= 0.3 is 0 Å². The van der Waals surface area contributed by atoms with Crippen molar-refractivity contribution >= 4 is 15.7 Å². The molecule has 0 aliphatic heterocycles. The van der Waals surface area contributed by atoms with E-state index in [1.807, 2.05) is 0 Å². The van der Waals surface area contributed by atoms with Gasteiger partial charge in [-0.2, -0.15) is 0 Å². The summed E-state index contributed by atoms with van der Waals surface area (Å²) in [5.74, 6) is 2.12. The minimum atomic E-state index is -3.22. The van der Waals surface area contributed by atoms with Gasteiger partial charge in [0.05, 0.1) is 0 Å². The Labute approximate surface area is 121 Å². The summed E-state index contributed by atoms with van der Waals surface area (Å²) < 4.78 is 23.3.